The first-order chi connectivity index (χ1) is 14.3. The Balaban J connectivity index is 1.24. The lowest BCUT2D eigenvalue weighted by atomic mass is 10.1. The van der Waals surface area contributed by atoms with Crippen molar-refractivity contribution in [2.24, 2.45) is 5.92 Å². The van der Waals surface area contributed by atoms with E-state index in [0.29, 0.717) is 0 Å². The number of halogens is 1. The summed E-state index contributed by atoms with van der Waals surface area (Å²) in [6.45, 7) is 2.13. The molecule has 1 aliphatic rings. The zero-order valence-electron chi connectivity index (χ0n) is 16.5. The van der Waals surface area contributed by atoms with E-state index in [1.807, 2.05) is 36.5 Å². The van der Waals surface area contributed by atoms with Crippen LogP contribution < -0.4 is 5.32 Å². The molecule has 0 unspecified atom stereocenters. The van der Waals surface area contributed by atoms with Gasteiger partial charge in [-0.25, -0.2) is 4.98 Å². The maximum atomic E-state index is 5.94. The fraction of sp³-hybridized carbons (Fsp3) is 0.269. The highest BCUT2D eigenvalue weighted by Crippen LogP contribution is 2.27. The molecule has 0 spiro atoms. The van der Waals surface area contributed by atoms with Crippen molar-refractivity contribution in [3.05, 3.63) is 88.7 Å². The standard InChI is InChI=1S/C26H25ClN2/c27-25-14-11-23(12-15-25)24-13-16-26(29-19-24)4-2-1-3-20-5-7-21(8-6-20)17-28-18-22-9-10-22/h5-8,11-16,19,22,28H,1,3,9-10,17-18H2. The maximum absolute atomic E-state index is 5.94. The summed E-state index contributed by atoms with van der Waals surface area (Å²) in [5.74, 6) is 7.34. The zero-order valence-corrected chi connectivity index (χ0v) is 17.3. The Labute approximate surface area is 178 Å². The average Bonchev–Trinajstić information content (AvgIpc) is 3.58. The van der Waals surface area contributed by atoms with Gasteiger partial charge in [0, 0.05) is 29.7 Å². The van der Waals surface area contributed by atoms with Crippen molar-refractivity contribution < 1.29 is 0 Å². The van der Waals surface area contributed by atoms with E-state index in [2.05, 4.69) is 52.5 Å². The van der Waals surface area contributed by atoms with Crippen molar-refractivity contribution in [1.82, 2.24) is 10.3 Å². The van der Waals surface area contributed by atoms with E-state index in [1.54, 1.807) is 0 Å². The second kappa shape index (κ2) is 9.74. The van der Waals surface area contributed by atoms with Crippen LogP contribution in [-0.2, 0) is 13.0 Å². The van der Waals surface area contributed by atoms with Gasteiger partial charge in [-0.2, -0.15) is 0 Å². The van der Waals surface area contributed by atoms with E-state index in [-0.39, 0.29) is 0 Å². The molecule has 0 bridgehead atoms. The third-order valence-electron chi connectivity index (χ3n) is 5.18. The first kappa shape index (κ1) is 19.7. The Hall–Kier alpha value is -2.60. The number of hydrogen-bond donors (Lipinski definition) is 1. The van der Waals surface area contributed by atoms with E-state index < -0.39 is 0 Å². The van der Waals surface area contributed by atoms with Crippen LogP contribution in [0.25, 0.3) is 11.1 Å². The summed E-state index contributed by atoms with van der Waals surface area (Å²) in [7, 11) is 0. The molecule has 1 aromatic heterocycles. The van der Waals surface area contributed by atoms with Crippen LogP contribution in [0.1, 0.15) is 36.1 Å². The number of aryl methyl sites for hydroxylation is 1. The van der Waals surface area contributed by atoms with Gasteiger partial charge >= 0.3 is 0 Å². The van der Waals surface area contributed by atoms with Crippen LogP contribution in [0.2, 0.25) is 5.02 Å². The molecular formula is C26H25ClN2. The highest BCUT2D eigenvalue weighted by molar-refractivity contribution is 6.30. The molecule has 1 fully saturated rings. The van der Waals surface area contributed by atoms with E-state index in [9.17, 15) is 0 Å². The molecule has 4 rings (SSSR count). The molecule has 1 saturated carbocycles. The lowest BCUT2D eigenvalue weighted by Gasteiger charge is -2.05. The molecule has 146 valence electrons. The van der Waals surface area contributed by atoms with Crippen molar-refractivity contribution in [3.63, 3.8) is 0 Å². The highest BCUT2D eigenvalue weighted by Gasteiger charge is 2.19. The third kappa shape index (κ3) is 6.19. The van der Waals surface area contributed by atoms with Gasteiger partial charge < -0.3 is 5.32 Å². The Morgan fingerprint density at radius 3 is 2.31 bits per heavy atom. The van der Waals surface area contributed by atoms with Crippen LogP contribution in [0.3, 0.4) is 0 Å². The Morgan fingerprint density at radius 1 is 0.897 bits per heavy atom. The van der Waals surface area contributed by atoms with Gasteiger partial charge in [0.05, 0.1) is 0 Å². The summed E-state index contributed by atoms with van der Waals surface area (Å²) in [6, 6.07) is 20.7. The monoisotopic (exact) mass is 400 g/mol. The number of pyridine rings is 1. The van der Waals surface area contributed by atoms with Gasteiger partial charge in [0.2, 0.25) is 0 Å². The van der Waals surface area contributed by atoms with Crippen molar-refractivity contribution in [1.29, 1.82) is 0 Å². The summed E-state index contributed by atoms with van der Waals surface area (Å²) in [4.78, 5) is 4.47. The number of aromatic nitrogens is 1. The zero-order chi connectivity index (χ0) is 19.9. The minimum atomic E-state index is 0.740. The Bertz CT molecular complexity index is 976. The number of nitrogens with zero attached hydrogens (tertiary/aromatic N) is 1. The summed E-state index contributed by atoms with van der Waals surface area (Å²) in [5.41, 5.74) is 5.66. The van der Waals surface area contributed by atoms with Crippen molar-refractivity contribution >= 4 is 11.6 Å². The lowest BCUT2D eigenvalue weighted by Crippen LogP contribution is -2.15. The largest absolute Gasteiger partial charge is 0.312 e. The van der Waals surface area contributed by atoms with Crippen LogP contribution in [-0.4, -0.2) is 11.5 Å². The number of benzene rings is 2. The molecule has 1 aliphatic carbocycles. The Morgan fingerprint density at radius 2 is 1.62 bits per heavy atom. The molecule has 2 nitrogen and oxygen atoms in total. The molecule has 1 heterocycles. The fourth-order valence-corrected chi connectivity index (χ4v) is 3.33. The van der Waals surface area contributed by atoms with Crippen LogP contribution in [0.15, 0.2) is 66.9 Å². The summed E-state index contributed by atoms with van der Waals surface area (Å²) >= 11 is 5.94. The molecule has 0 saturated heterocycles. The molecule has 1 N–H and O–H groups in total. The predicted molar refractivity (Wildman–Crippen MR) is 121 cm³/mol. The predicted octanol–water partition coefficient (Wildman–Crippen LogP) is 5.89. The van der Waals surface area contributed by atoms with Gasteiger partial charge in [0.1, 0.15) is 5.69 Å². The smallest absolute Gasteiger partial charge is 0.113 e. The molecular weight excluding hydrogens is 376 g/mol. The summed E-state index contributed by atoms with van der Waals surface area (Å²) in [6.07, 6.45) is 6.46. The normalized spacial score (nSPS) is 13.0. The van der Waals surface area contributed by atoms with Crippen LogP contribution in [0, 0.1) is 17.8 Å². The second-order valence-corrected chi connectivity index (χ2v) is 8.07. The van der Waals surface area contributed by atoms with Gasteiger partial charge in [-0.05, 0) is 72.5 Å². The summed E-state index contributed by atoms with van der Waals surface area (Å²) in [5, 5.41) is 4.28. The van der Waals surface area contributed by atoms with Crippen molar-refractivity contribution in [2.45, 2.75) is 32.2 Å². The molecule has 0 amide bonds. The second-order valence-electron chi connectivity index (χ2n) is 7.63. The van der Waals surface area contributed by atoms with Gasteiger partial charge in [-0.3, -0.25) is 0 Å². The average molecular weight is 401 g/mol. The van der Waals surface area contributed by atoms with Crippen LogP contribution in [0.4, 0.5) is 0 Å². The van der Waals surface area contributed by atoms with Crippen molar-refractivity contribution in [2.75, 3.05) is 6.54 Å². The fourth-order valence-electron chi connectivity index (χ4n) is 3.21. The van der Waals surface area contributed by atoms with E-state index in [1.165, 1.54) is 24.0 Å². The molecule has 0 atom stereocenters. The minimum absolute atomic E-state index is 0.740. The molecule has 2 aromatic carbocycles. The van der Waals surface area contributed by atoms with Crippen molar-refractivity contribution in [3.8, 4) is 23.0 Å². The first-order valence-corrected chi connectivity index (χ1v) is 10.6. The molecule has 3 aromatic rings. The number of rotatable bonds is 7. The van der Waals surface area contributed by atoms with Gasteiger partial charge in [0.15, 0.2) is 0 Å². The molecule has 3 heteroatoms. The minimum Gasteiger partial charge on any atom is -0.312 e. The van der Waals surface area contributed by atoms with E-state index in [0.717, 1.165) is 53.7 Å². The third-order valence-corrected chi connectivity index (χ3v) is 5.43. The van der Waals surface area contributed by atoms with Gasteiger partial charge in [0.25, 0.3) is 0 Å². The van der Waals surface area contributed by atoms with Gasteiger partial charge in [-0.15, -0.1) is 0 Å². The van der Waals surface area contributed by atoms with E-state index >= 15 is 0 Å². The quantitative estimate of drug-likeness (QED) is 0.500. The number of hydrogen-bond acceptors (Lipinski definition) is 2. The van der Waals surface area contributed by atoms with Gasteiger partial charge in [-0.1, -0.05) is 60.0 Å². The topological polar surface area (TPSA) is 24.9 Å². The lowest BCUT2D eigenvalue weighted by molar-refractivity contribution is 0.638. The molecule has 0 aliphatic heterocycles. The highest BCUT2D eigenvalue weighted by atomic mass is 35.5. The Kier molecular flexibility index (Phi) is 6.62. The first-order valence-electron chi connectivity index (χ1n) is 10.3. The summed E-state index contributed by atoms with van der Waals surface area (Å²) < 4.78 is 0. The van der Waals surface area contributed by atoms with Crippen LogP contribution >= 0.6 is 11.6 Å². The van der Waals surface area contributed by atoms with Crippen LogP contribution in [0.5, 0.6) is 0 Å². The van der Waals surface area contributed by atoms with E-state index in [4.69, 9.17) is 11.6 Å². The SMILES string of the molecule is Clc1ccc(-c2ccc(C#CCCc3ccc(CNCC4CC4)cc3)nc2)cc1. The molecule has 29 heavy (non-hydrogen) atoms. The maximum Gasteiger partial charge on any atom is 0.113 e. The molecule has 0 radical (unpaired) electrons. The number of nitrogens with one attached hydrogen (secondary N) is 1.